The molecular weight excluding hydrogens is 166 g/mol. The van der Waals surface area contributed by atoms with Crippen LogP contribution in [0.25, 0.3) is 6.08 Å². The monoisotopic (exact) mass is 177 g/mol. The second-order valence-corrected chi connectivity index (χ2v) is 2.57. The minimum absolute atomic E-state index is 0.291. The van der Waals surface area contributed by atoms with Crippen LogP contribution in [0.5, 0.6) is 0 Å². The molecule has 0 aliphatic carbocycles. The summed E-state index contributed by atoms with van der Waals surface area (Å²) >= 11 is 0. The number of hydrogen-bond acceptors (Lipinski definition) is 2. The average Bonchev–Trinajstić information content (AvgIpc) is 2.15. The first-order valence-electron chi connectivity index (χ1n) is 3.94. The lowest BCUT2D eigenvalue weighted by Crippen LogP contribution is -1.96. The Bertz CT molecular complexity index is 331. The topological polar surface area (TPSA) is 63.3 Å². The fourth-order valence-electron chi connectivity index (χ4n) is 0.979. The third kappa shape index (κ3) is 2.72. The van der Waals surface area contributed by atoms with Gasteiger partial charge in [0.25, 0.3) is 0 Å². The van der Waals surface area contributed by atoms with Crippen LogP contribution in [0.2, 0.25) is 0 Å². The van der Waals surface area contributed by atoms with Gasteiger partial charge in [-0.15, -0.1) is 0 Å². The molecule has 0 radical (unpaired) electrons. The summed E-state index contributed by atoms with van der Waals surface area (Å²) < 4.78 is 0. The molecular formula is C10H11NO2. The van der Waals surface area contributed by atoms with Crippen LogP contribution in [0.1, 0.15) is 15.9 Å². The van der Waals surface area contributed by atoms with Gasteiger partial charge < -0.3 is 10.8 Å². The van der Waals surface area contributed by atoms with Crippen LogP contribution in [0.4, 0.5) is 0 Å². The Morgan fingerprint density at radius 1 is 1.54 bits per heavy atom. The van der Waals surface area contributed by atoms with E-state index in [0.717, 1.165) is 5.56 Å². The molecule has 0 aliphatic rings. The van der Waals surface area contributed by atoms with Crippen molar-refractivity contribution >= 4 is 12.0 Å². The van der Waals surface area contributed by atoms with Crippen molar-refractivity contribution in [1.29, 1.82) is 0 Å². The molecule has 0 spiro atoms. The third-order valence-electron chi connectivity index (χ3n) is 1.58. The maximum Gasteiger partial charge on any atom is 0.335 e. The van der Waals surface area contributed by atoms with Gasteiger partial charge in [0.05, 0.1) is 5.56 Å². The summed E-state index contributed by atoms with van der Waals surface area (Å²) in [5.41, 5.74) is 6.41. The van der Waals surface area contributed by atoms with E-state index >= 15 is 0 Å². The molecule has 3 heteroatoms. The van der Waals surface area contributed by atoms with Crippen LogP contribution in [-0.2, 0) is 0 Å². The van der Waals surface area contributed by atoms with Crippen LogP contribution in [-0.4, -0.2) is 17.6 Å². The van der Waals surface area contributed by atoms with E-state index < -0.39 is 5.97 Å². The molecule has 0 bridgehead atoms. The van der Waals surface area contributed by atoms with Crippen LogP contribution in [0.15, 0.2) is 30.3 Å². The molecule has 1 aromatic carbocycles. The van der Waals surface area contributed by atoms with Crippen LogP contribution in [0.3, 0.4) is 0 Å². The van der Waals surface area contributed by atoms with Crippen molar-refractivity contribution in [3.63, 3.8) is 0 Å². The maximum absolute atomic E-state index is 10.6. The molecule has 0 aromatic heterocycles. The average molecular weight is 177 g/mol. The van der Waals surface area contributed by atoms with Gasteiger partial charge in [-0.1, -0.05) is 24.3 Å². The Labute approximate surface area is 76.5 Å². The predicted octanol–water partition coefficient (Wildman–Crippen LogP) is 1.36. The van der Waals surface area contributed by atoms with Crippen molar-refractivity contribution in [3.8, 4) is 0 Å². The van der Waals surface area contributed by atoms with Crippen molar-refractivity contribution in [2.75, 3.05) is 6.54 Å². The quantitative estimate of drug-likeness (QED) is 0.732. The van der Waals surface area contributed by atoms with Gasteiger partial charge in [-0.25, -0.2) is 4.79 Å². The van der Waals surface area contributed by atoms with Gasteiger partial charge in [0.1, 0.15) is 0 Å². The summed E-state index contributed by atoms with van der Waals surface area (Å²) in [5.74, 6) is -0.914. The minimum Gasteiger partial charge on any atom is -0.478 e. The van der Waals surface area contributed by atoms with Gasteiger partial charge in [-0.2, -0.15) is 0 Å². The fourth-order valence-corrected chi connectivity index (χ4v) is 0.979. The number of aromatic carboxylic acids is 1. The van der Waals surface area contributed by atoms with E-state index in [0.29, 0.717) is 12.1 Å². The summed E-state index contributed by atoms with van der Waals surface area (Å²) in [6.45, 7) is 0.456. The number of rotatable bonds is 3. The molecule has 1 rings (SSSR count). The maximum atomic E-state index is 10.6. The second-order valence-electron chi connectivity index (χ2n) is 2.57. The molecule has 0 heterocycles. The molecule has 3 N–H and O–H groups in total. The van der Waals surface area contributed by atoms with Gasteiger partial charge in [-0.3, -0.25) is 0 Å². The van der Waals surface area contributed by atoms with Crippen molar-refractivity contribution < 1.29 is 9.90 Å². The van der Waals surface area contributed by atoms with Gasteiger partial charge >= 0.3 is 5.97 Å². The van der Waals surface area contributed by atoms with E-state index in [1.165, 1.54) is 0 Å². The van der Waals surface area contributed by atoms with E-state index in [4.69, 9.17) is 10.8 Å². The van der Waals surface area contributed by atoms with Gasteiger partial charge in [0.2, 0.25) is 0 Å². The molecule has 0 saturated heterocycles. The summed E-state index contributed by atoms with van der Waals surface area (Å²) in [6, 6.07) is 6.70. The first-order valence-corrected chi connectivity index (χ1v) is 3.94. The highest BCUT2D eigenvalue weighted by Crippen LogP contribution is 2.06. The van der Waals surface area contributed by atoms with Crippen LogP contribution in [0, 0.1) is 0 Å². The highest BCUT2D eigenvalue weighted by atomic mass is 16.4. The largest absolute Gasteiger partial charge is 0.478 e. The normalized spacial score (nSPS) is 10.5. The zero-order valence-corrected chi connectivity index (χ0v) is 7.10. The first-order chi connectivity index (χ1) is 6.24. The van der Waals surface area contributed by atoms with E-state index in [1.807, 2.05) is 6.07 Å². The zero-order valence-electron chi connectivity index (χ0n) is 7.10. The number of carboxylic acids is 1. The summed E-state index contributed by atoms with van der Waals surface area (Å²) in [7, 11) is 0. The molecule has 0 atom stereocenters. The van der Waals surface area contributed by atoms with Crippen LogP contribution >= 0.6 is 0 Å². The highest BCUT2D eigenvalue weighted by molar-refractivity contribution is 5.88. The lowest BCUT2D eigenvalue weighted by atomic mass is 10.1. The van der Waals surface area contributed by atoms with Gasteiger partial charge in [0, 0.05) is 6.54 Å². The molecule has 0 saturated carbocycles. The Morgan fingerprint density at radius 2 is 2.31 bits per heavy atom. The summed E-state index contributed by atoms with van der Waals surface area (Å²) in [6.07, 6.45) is 3.58. The molecule has 68 valence electrons. The molecule has 13 heavy (non-hydrogen) atoms. The molecule has 0 amide bonds. The Kier molecular flexibility index (Phi) is 3.23. The van der Waals surface area contributed by atoms with Crippen molar-refractivity contribution in [3.05, 3.63) is 41.5 Å². The standard InChI is InChI=1S/C10H11NO2/c11-6-2-4-8-3-1-5-9(7-8)10(12)13/h1-5,7H,6,11H2,(H,12,13). The molecule has 3 nitrogen and oxygen atoms in total. The molecule has 0 fully saturated rings. The summed E-state index contributed by atoms with van der Waals surface area (Å²) in [4.78, 5) is 10.6. The Balaban J connectivity index is 2.92. The molecule has 0 unspecified atom stereocenters. The first kappa shape index (κ1) is 9.48. The third-order valence-corrected chi connectivity index (χ3v) is 1.58. The Morgan fingerprint density at radius 3 is 2.92 bits per heavy atom. The number of nitrogens with two attached hydrogens (primary N) is 1. The highest BCUT2D eigenvalue weighted by Gasteiger charge is 2.00. The lowest BCUT2D eigenvalue weighted by Gasteiger charge is -1.95. The van der Waals surface area contributed by atoms with Crippen molar-refractivity contribution in [2.45, 2.75) is 0 Å². The smallest absolute Gasteiger partial charge is 0.335 e. The van der Waals surface area contributed by atoms with Gasteiger partial charge in [0.15, 0.2) is 0 Å². The Hall–Kier alpha value is -1.61. The predicted molar refractivity (Wildman–Crippen MR) is 51.5 cm³/mol. The number of carboxylic acid groups (broad SMARTS) is 1. The zero-order chi connectivity index (χ0) is 9.68. The van der Waals surface area contributed by atoms with Crippen molar-refractivity contribution in [1.82, 2.24) is 0 Å². The van der Waals surface area contributed by atoms with E-state index in [-0.39, 0.29) is 0 Å². The molecule has 0 aliphatic heterocycles. The van der Waals surface area contributed by atoms with Crippen molar-refractivity contribution in [2.24, 2.45) is 5.73 Å². The van der Waals surface area contributed by atoms with E-state index in [9.17, 15) is 4.79 Å². The second kappa shape index (κ2) is 4.42. The SMILES string of the molecule is NCC=Cc1cccc(C(=O)O)c1. The fraction of sp³-hybridized carbons (Fsp3) is 0.100. The van der Waals surface area contributed by atoms with Crippen LogP contribution < -0.4 is 5.73 Å². The lowest BCUT2D eigenvalue weighted by molar-refractivity contribution is 0.0697. The van der Waals surface area contributed by atoms with E-state index in [2.05, 4.69) is 0 Å². The van der Waals surface area contributed by atoms with Gasteiger partial charge in [-0.05, 0) is 17.7 Å². The minimum atomic E-state index is -0.914. The number of hydrogen-bond donors (Lipinski definition) is 2. The molecule has 1 aromatic rings. The summed E-state index contributed by atoms with van der Waals surface area (Å²) in [5, 5.41) is 8.69. The van der Waals surface area contributed by atoms with E-state index in [1.54, 1.807) is 30.4 Å². The number of benzene rings is 1. The number of carbonyl (C=O) groups is 1.